The summed E-state index contributed by atoms with van der Waals surface area (Å²) in [5, 5.41) is 3.35. The molecule has 1 fully saturated rings. The molecule has 1 N–H and O–H groups in total. The van der Waals surface area contributed by atoms with Crippen molar-refractivity contribution in [1.82, 2.24) is 10.2 Å². The van der Waals surface area contributed by atoms with Gasteiger partial charge in [0.2, 0.25) is 0 Å². The van der Waals surface area contributed by atoms with Crippen LogP contribution in [0.25, 0.3) is 0 Å². The normalized spacial score (nSPS) is 34.1. The maximum absolute atomic E-state index is 3.35. The molecule has 2 nitrogen and oxygen atoms in total. The molecule has 0 aliphatic carbocycles. The average molecular weight is 156 g/mol. The molecule has 0 aromatic heterocycles. The molecule has 1 rings (SSSR count). The van der Waals surface area contributed by atoms with Gasteiger partial charge in [0.15, 0.2) is 0 Å². The molecule has 0 aromatic carbocycles. The van der Waals surface area contributed by atoms with E-state index >= 15 is 0 Å². The van der Waals surface area contributed by atoms with E-state index in [1.807, 2.05) is 0 Å². The fraction of sp³-hybridized carbons (Fsp3) is 1.00. The van der Waals surface area contributed by atoms with Gasteiger partial charge in [-0.2, -0.15) is 0 Å². The van der Waals surface area contributed by atoms with E-state index in [2.05, 4.69) is 31.1 Å². The van der Waals surface area contributed by atoms with Gasteiger partial charge in [-0.25, -0.2) is 0 Å². The highest BCUT2D eigenvalue weighted by Gasteiger charge is 2.22. The zero-order valence-corrected chi connectivity index (χ0v) is 7.93. The van der Waals surface area contributed by atoms with Crippen molar-refractivity contribution >= 4 is 0 Å². The fourth-order valence-corrected chi connectivity index (χ4v) is 1.95. The second kappa shape index (κ2) is 4.07. The van der Waals surface area contributed by atoms with E-state index in [0.717, 1.165) is 12.1 Å². The molecule has 66 valence electrons. The third-order valence-corrected chi connectivity index (χ3v) is 2.83. The van der Waals surface area contributed by atoms with Crippen molar-refractivity contribution in [1.29, 1.82) is 0 Å². The lowest BCUT2D eigenvalue weighted by molar-refractivity contribution is 0.146. The SMILES string of the molecule is CCN1CC[C@H](NC)C[C@H]1C. The van der Waals surface area contributed by atoms with Crippen LogP contribution in [0.3, 0.4) is 0 Å². The first-order valence-electron chi connectivity index (χ1n) is 4.69. The van der Waals surface area contributed by atoms with E-state index in [-0.39, 0.29) is 0 Å². The van der Waals surface area contributed by atoms with Gasteiger partial charge in [-0.3, -0.25) is 0 Å². The van der Waals surface area contributed by atoms with Gasteiger partial charge in [0.25, 0.3) is 0 Å². The number of nitrogens with zero attached hydrogens (tertiary/aromatic N) is 1. The number of piperidine rings is 1. The van der Waals surface area contributed by atoms with Gasteiger partial charge in [-0.15, -0.1) is 0 Å². The van der Waals surface area contributed by atoms with Gasteiger partial charge in [0, 0.05) is 12.1 Å². The van der Waals surface area contributed by atoms with Crippen molar-refractivity contribution in [3.8, 4) is 0 Å². The Morgan fingerprint density at radius 1 is 1.55 bits per heavy atom. The van der Waals surface area contributed by atoms with Crippen LogP contribution in [0.1, 0.15) is 26.7 Å². The Morgan fingerprint density at radius 3 is 2.73 bits per heavy atom. The van der Waals surface area contributed by atoms with E-state index < -0.39 is 0 Å². The van der Waals surface area contributed by atoms with Gasteiger partial charge in [0.05, 0.1) is 0 Å². The monoisotopic (exact) mass is 156 g/mol. The molecule has 1 aliphatic heterocycles. The largest absolute Gasteiger partial charge is 0.317 e. The number of nitrogens with one attached hydrogen (secondary N) is 1. The molecular formula is C9H20N2. The van der Waals surface area contributed by atoms with E-state index in [0.29, 0.717) is 0 Å². The van der Waals surface area contributed by atoms with Crippen LogP contribution >= 0.6 is 0 Å². The molecule has 1 aliphatic rings. The van der Waals surface area contributed by atoms with Crippen LogP contribution in [0.2, 0.25) is 0 Å². The average Bonchev–Trinajstić information content (AvgIpc) is 2.04. The molecule has 1 heterocycles. The molecule has 1 saturated heterocycles. The Hall–Kier alpha value is -0.0800. The second-order valence-corrected chi connectivity index (χ2v) is 3.49. The molecule has 0 radical (unpaired) electrons. The summed E-state index contributed by atoms with van der Waals surface area (Å²) in [7, 11) is 2.07. The highest BCUT2D eigenvalue weighted by atomic mass is 15.2. The van der Waals surface area contributed by atoms with Gasteiger partial charge in [-0.05, 0) is 39.9 Å². The summed E-state index contributed by atoms with van der Waals surface area (Å²) < 4.78 is 0. The molecule has 2 atom stereocenters. The number of rotatable bonds is 2. The van der Waals surface area contributed by atoms with Crippen LogP contribution in [0.4, 0.5) is 0 Å². The van der Waals surface area contributed by atoms with Crippen LogP contribution in [0.5, 0.6) is 0 Å². The van der Waals surface area contributed by atoms with Crippen LogP contribution in [-0.4, -0.2) is 37.1 Å². The third-order valence-electron chi connectivity index (χ3n) is 2.83. The molecule has 11 heavy (non-hydrogen) atoms. The summed E-state index contributed by atoms with van der Waals surface area (Å²) >= 11 is 0. The minimum absolute atomic E-state index is 0.757. The molecule has 0 saturated carbocycles. The minimum atomic E-state index is 0.757. The Labute approximate surface area is 70.0 Å². The Bertz CT molecular complexity index is 114. The summed E-state index contributed by atoms with van der Waals surface area (Å²) in [6.45, 7) is 7.05. The molecule has 0 spiro atoms. The van der Waals surface area contributed by atoms with Crippen molar-refractivity contribution in [2.45, 2.75) is 38.8 Å². The number of likely N-dealkylation sites (tertiary alicyclic amines) is 1. The van der Waals surface area contributed by atoms with Gasteiger partial charge in [-0.1, -0.05) is 6.92 Å². The lowest BCUT2D eigenvalue weighted by Gasteiger charge is -2.36. The van der Waals surface area contributed by atoms with E-state index in [9.17, 15) is 0 Å². The van der Waals surface area contributed by atoms with Crippen molar-refractivity contribution in [3.05, 3.63) is 0 Å². The summed E-state index contributed by atoms with van der Waals surface area (Å²) in [6.07, 6.45) is 2.62. The van der Waals surface area contributed by atoms with Gasteiger partial charge in [0.1, 0.15) is 0 Å². The third kappa shape index (κ3) is 2.17. The Morgan fingerprint density at radius 2 is 2.27 bits per heavy atom. The predicted octanol–water partition coefficient (Wildman–Crippen LogP) is 1.08. The summed E-state index contributed by atoms with van der Waals surface area (Å²) in [5.41, 5.74) is 0. The Kier molecular flexibility index (Phi) is 3.34. The highest BCUT2D eigenvalue weighted by molar-refractivity contribution is 4.81. The summed E-state index contributed by atoms with van der Waals surface area (Å²) in [4.78, 5) is 2.55. The van der Waals surface area contributed by atoms with Gasteiger partial charge >= 0.3 is 0 Å². The maximum atomic E-state index is 3.35. The molecule has 0 amide bonds. The van der Waals surface area contributed by atoms with E-state index in [4.69, 9.17) is 0 Å². The van der Waals surface area contributed by atoms with Crippen LogP contribution < -0.4 is 5.32 Å². The summed E-state index contributed by atoms with van der Waals surface area (Å²) in [5.74, 6) is 0. The molecule has 0 aromatic rings. The minimum Gasteiger partial charge on any atom is -0.317 e. The smallest absolute Gasteiger partial charge is 0.00910 e. The van der Waals surface area contributed by atoms with Crippen LogP contribution in [0, 0.1) is 0 Å². The highest BCUT2D eigenvalue weighted by Crippen LogP contribution is 2.15. The van der Waals surface area contributed by atoms with E-state index in [1.54, 1.807) is 0 Å². The lowest BCUT2D eigenvalue weighted by atomic mass is 9.99. The predicted molar refractivity (Wildman–Crippen MR) is 48.8 cm³/mol. The topological polar surface area (TPSA) is 15.3 Å². The van der Waals surface area contributed by atoms with E-state index in [1.165, 1.54) is 25.9 Å². The first-order valence-corrected chi connectivity index (χ1v) is 4.69. The lowest BCUT2D eigenvalue weighted by Crippen LogP contribution is -2.46. The Balaban J connectivity index is 2.34. The number of hydrogen-bond acceptors (Lipinski definition) is 2. The molecule has 2 heteroatoms. The fourth-order valence-electron chi connectivity index (χ4n) is 1.95. The second-order valence-electron chi connectivity index (χ2n) is 3.49. The maximum Gasteiger partial charge on any atom is 0.00910 e. The number of hydrogen-bond donors (Lipinski definition) is 1. The van der Waals surface area contributed by atoms with Crippen molar-refractivity contribution in [3.63, 3.8) is 0 Å². The van der Waals surface area contributed by atoms with Crippen molar-refractivity contribution in [2.24, 2.45) is 0 Å². The van der Waals surface area contributed by atoms with Gasteiger partial charge < -0.3 is 10.2 Å². The van der Waals surface area contributed by atoms with Crippen molar-refractivity contribution < 1.29 is 0 Å². The summed E-state index contributed by atoms with van der Waals surface area (Å²) in [6, 6.07) is 1.53. The molecule has 0 bridgehead atoms. The van der Waals surface area contributed by atoms with Crippen LogP contribution in [-0.2, 0) is 0 Å². The standard InChI is InChI=1S/C9H20N2/c1-4-11-6-5-9(10-3)7-8(11)2/h8-10H,4-7H2,1-3H3/t8-,9+/m1/s1. The first-order chi connectivity index (χ1) is 5.27. The zero-order valence-electron chi connectivity index (χ0n) is 7.93. The molecular weight excluding hydrogens is 136 g/mol. The molecule has 0 unspecified atom stereocenters. The van der Waals surface area contributed by atoms with Crippen LogP contribution in [0.15, 0.2) is 0 Å². The zero-order chi connectivity index (χ0) is 8.27. The van der Waals surface area contributed by atoms with Crippen molar-refractivity contribution in [2.75, 3.05) is 20.1 Å². The quantitative estimate of drug-likeness (QED) is 0.643. The first kappa shape index (κ1) is 9.01.